The van der Waals surface area contributed by atoms with Crippen LogP contribution in [0.15, 0.2) is 53.4 Å². The van der Waals surface area contributed by atoms with Crippen LogP contribution >= 0.6 is 24.0 Å². The van der Waals surface area contributed by atoms with Crippen molar-refractivity contribution in [3.05, 3.63) is 64.7 Å². The Bertz CT molecular complexity index is 1050. The Balaban J connectivity index is 0.00000385. The predicted molar refractivity (Wildman–Crippen MR) is 137 cm³/mol. The molecule has 0 aliphatic heterocycles. The van der Waals surface area contributed by atoms with E-state index < -0.39 is 9.84 Å². The van der Waals surface area contributed by atoms with E-state index in [4.69, 9.17) is 17.3 Å². The Labute approximate surface area is 209 Å². The number of rotatable bonds is 8. The number of nitrogens with two attached hydrogens (primary N) is 1. The molecule has 2 aromatic rings. The van der Waals surface area contributed by atoms with Gasteiger partial charge < -0.3 is 10.6 Å². The maximum absolute atomic E-state index is 12.8. The molecule has 3 rings (SSSR count). The molecule has 0 aromatic heterocycles. The highest BCUT2D eigenvalue weighted by Gasteiger charge is 2.38. The number of hydrogen-bond donors (Lipinski definition) is 1. The summed E-state index contributed by atoms with van der Waals surface area (Å²) in [5.74, 6) is 0.136. The van der Waals surface area contributed by atoms with E-state index >= 15 is 0 Å². The third kappa shape index (κ3) is 6.72. The van der Waals surface area contributed by atoms with Crippen molar-refractivity contribution < 1.29 is 13.2 Å². The van der Waals surface area contributed by atoms with Crippen LogP contribution in [0.5, 0.6) is 0 Å². The molecular weight excluding hydrogens is 479 g/mol. The van der Waals surface area contributed by atoms with Crippen LogP contribution in [0.25, 0.3) is 0 Å². The van der Waals surface area contributed by atoms with E-state index in [1.165, 1.54) is 11.8 Å². The van der Waals surface area contributed by atoms with Crippen molar-refractivity contribution in [1.29, 1.82) is 0 Å². The summed E-state index contributed by atoms with van der Waals surface area (Å²) >= 11 is 6.23. The fourth-order valence-corrected chi connectivity index (χ4v) is 5.67. The van der Waals surface area contributed by atoms with Gasteiger partial charge in [0.15, 0.2) is 9.84 Å². The van der Waals surface area contributed by atoms with Gasteiger partial charge in [-0.3, -0.25) is 4.79 Å². The van der Waals surface area contributed by atoms with Crippen LogP contribution in [-0.2, 0) is 26.5 Å². The van der Waals surface area contributed by atoms with Gasteiger partial charge in [-0.2, -0.15) is 0 Å². The zero-order valence-corrected chi connectivity index (χ0v) is 21.7. The molecule has 2 N–H and O–H groups in total. The number of benzene rings is 2. The minimum Gasteiger partial charge on any atom is -0.339 e. The molecule has 1 aliphatic carbocycles. The molecule has 0 heterocycles. The molecular formula is C25H34Cl2N2O3S. The van der Waals surface area contributed by atoms with E-state index in [0.29, 0.717) is 30.8 Å². The lowest BCUT2D eigenvalue weighted by atomic mass is 9.68. The van der Waals surface area contributed by atoms with E-state index in [0.717, 1.165) is 36.3 Å². The van der Waals surface area contributed by atoms with Crippen molar-refractivity contribution in [1.82, 2.24) is 4.90 Å². The fraction of sp³-hybridized carbons (Fsp3) is 0.480. The second-order valence-corrected chi connectivity index (χ2v) is 11.3. The van der Waals surface area contributed by atoms with Gasteiger partial charge in [0, 0.05) is 42.2 Å². The van der Waals surface area contributed by atoms with Crippen LogP contribution < -0.4 is 5.73 Å². The van der Waals surface area contributed by atoms with Crippen molar-refractivity contribution in [2.75, 3.05) is 19.3 Å². The average molecular weight is 514 g/mol. The molecule has 0 spiro atoms. The number of amides is 1. The lowest BCUT2D eigenvalue weighted by Crippen LogP contribution is -2.48. The molecule has 5 nitrogen and oxygen atoms in total. The maximum Gasteiger partial charge on any atom is 0.222 e. The third-order valence-corrected chi connectivity index (χ3v) is 8.12. The Kier molecular flexibility index (Phi) is 9.80. The van der Waals surface area contributed by atoms with Gasteiger partial charge in [0.2, 0.25) is 5.91 Å². The van der Waals surface area contributed by atoms with Gasteiger partial charge in [-0.1, -0.05) is 42.8 Å². The second kappa shape index (κ2) is 11.7. The van der Waals surface area contributed by atoms with E-state index in [9.17, 15) is 13.2 Å². The van der Waals surface area contributed by atoms with Gasteiger partial charge in [0.05, 0.1) is 4.90 Å². The van der Waals surface area contributed by atoms with Crippen molar-refractivity contribution >= 4 is 39.8 Å². The number of carbonyl (C=O) groups is 1. The van der Waals surface area contributed by atoms with Crippen LogP contribution in [0, 0.1) is 0 Å². The van der Waals surface area contributed by atoms with Crippen molar-refractivity contribution in [2.24, 2.45) is 5.73 Å². The van der Waals surface area contributed by atoms with Gasteiger partial charge in [-0.05, 0) is 67.5 Å². The molecule has 0 saturated heterocycles. The first-order chi connectivity index (χ1) is 15.2. The van der Waals surface area contributed by atoms with Crippen LogP contribution in [0.1, 0.15) is 50.2 Å². The van der Waals surface area contributed by atoms with Crippen molar-refractivity contribution in [3.63, 3.8) is 0 Å². The summed E-state index contributed by atoms with van der Waals surface area (Å²) in [4.78, 5) is 15.1. The fourth-order valence-electron chi connectivity index (χ4n) is 4.79. The van der Waals surface area contributed by atoms with Crippen LogP contribution in [0.3, 0.4) is 0 Å². The summed E-state index contributed by atoms with van der Waals surface area (Å²) in [6.45, 7) is 3.02. The minimum atomic E-state index is -3.25. The zero-order valence-electron chi connectivity index (χ0n) is 19.3. The summed E-state index contributed by atoms with van der Waals surface area (Å²) in [7, 11) is -3.25. The molecule has 0 radical (unpaired) electrons. The number of carbonyl (C=O) groups excluding carboxylic acids is 1. The van der Waals surface area contributed by atoms with Crippen LogP contribution in [0.2, 0.25) is 5.02 Å². The Morgan fingerprint density at radius 3 is 2.39 bits per heavy atom. The molecule has 1 amide bonds. The smallest absolute Gasteiger partial charge is 0.222 e. The van der Waals surface area contributed by atoms with E-state index in [2.05, 4.69) is 6.07 Å². The largest absolute Gasteiger partial charge is 0.339 e. The summed E-state index contributed by atoms with van der Waals surface area (Å²) < 4.78 is 23.7. The molecule has 0 bridgehead atoms. The van der Waals surface area contributed by atoms with Gasteiger partial charge >= 0.3 is 0 Å². The highest BCUT2D eigenvalue weighted by atomic mass is 35.5. The topological polar surface area (TPSA) is 80.5 Å². The maximum atomic E-state index is 12.8. The quantitative estimate of drug-likeness (QED) is 0.551. The normalized spacial score (nSPS) is 20.7. The third-order valence-electron chi connectivity index (χ3n) is 6.77. The SMILES string of the molecule is CCC(=O)N(CCc1cccc(S(C)(=O)=O)c1)[C@H]1CC[C@@](CN)(c2cccc(Cl)c2)CC1.Cl. The molecule has 1 aliphatic rings. The average Bonchev–Trinajstić information content (AvgIpc) is 2.79. The summed E-state index contributed by atoms with van der Waals surface area (Å²) in [6, 6.07) is 15.1. The Morgan fingerprint density at radius 2 is 1.82 bits per heavy atom. The number of sulfone groups is 1. The van der Waals surface area contributed by atoms with Crippen LogP contribution in [-0.4, -0.2) is 44.6 Å². The highest BCUT2D eigenvalue weighted by Crippen LogP contribution is 2.41. The molecule has 1 saturated carbocycles. The number of nitrogens with zero attached hydrogens (tertiary/aromatic N) is 1. The Morgan fingerprint density at radius 1 is 1.15 bits per heavy atom. The molecule has 2 aromatic carbocycles. The predicted octanol–water partition coefficient (Wildman–Crippen LogP) is 4.79. The Hall–Kier alpha value is -1.60. The molecule has 0 atom stereocenters. The monoisotopic (exact) mass is 512 g/mol. The zero-order chi connectivity index (χ0) is 23.4. The first-order valence-electron chi connectivity index (χ1n) is 11.2. The molecule has 33 heavy (non-hydrogen) atoms. The van der Waals surface area contributed by atoms with Gasteiger partial charge in [0.1, 0.15) is 0 Å². The highest BCUT2D eigenvalue weighted by molar-refractivity contribution is 7.90. The molecule has 8 heteroatoms. The van der Waals surface area contributed by atoms with Gasteiger partial charge in [-0.25, -0.2) is 8.42 Å². The summed E-state index contributed by atoms with van der Waals surface area (Å²) in [5, 5.41) is 0.719. The lowest BCUT2D eigenvalue weighted by Gasteiger charge is -2.43. The van der Waals surface area contributed by atoms with Crippen LogP contribution in [0.4, 0.5) is 0 Å². The molecule has 0 unspecified atom stereocenters. The number of halogens is 2. The lowest BCUT2D eigenvalue weighted by molar-refractivity contribution is -0.134. The molecule has 1 fully saturated rings. The first-order valence-corrected chi connectivity index (χ1v) is 13.5. The van der Waals surface area contributed by atoms with E-state index in [1.807, 2.05) is 36.1 Å². The van der Waals surface area contributed by atoms with Crippen molar-refractivity contribution in [3.8, 4) is 0 Å². The summed E-state index contributed by atoms with van der Waals surface area (Å²) in [5.41, 5.74) is 8.24. The minimum absolute atomic E-state index is 0. The molecule has 182 valence electrons. The number of hydrogen-bond acceptors (Lipinski definition) is 4. The van der Waals surface area contributed by atoms with Gasteiger partial charge in [0.25, 0.3) is 0 Å². The van der Waals surface area contributed by atoms with Crippen molar-refractivity contribution in [2.45, 2.75) is 61.8 Å². The van der Waals surface area contributed by atoms with E-state index in [-0.39, 0.29) is 29.8 Å². The summed E-state index contributed by atoms with van der Waals surface area (Å²) in [6.07, 6.45) is 5.89. The standard InChI is InChI=1S/C25H33ClN2O3S.ClH/c1-3-24(29)28(15-12-19-6-4-9-23(16-19)32(2,30)31)22-10-13-25(18-27,14-11-22)20-7-5-8-21(26)17-20;/h4-9,16-17,22H,3,10-15,18,27H2,1-2H3;1H/t22-,25+;. The van der Waals surface area contributed by atoms with Gasteiger partial charge in [-0.15, -0.1) is 12.4 Å². The second-order valence-electron chi connectivity index (χ2n) is 8.84. The first kappa shape index (κ1) is 27.6. The van der Waals surface area contributed by atoms with E-state index in [1.54, 1.807) is 18.2 Å².